The van der Waals surface area contributed by atoms with Crippen molar-refractivity contribution < 1.29 is 4.39 Å². The molecule has 3 aromatic rings. The minimum atomic E-state index is -0.182. The molecule has 6 heteroatoms. The standard InChI is InChI=1S/C18H19FN4O/c19-14-5-1-3-7-16(14)22-11-9-21(10-12-22)13-23-17-8-4-2-6-15(17)20-18(23)24/h1-8H,9-13H2,(H,20,24). The van der Waals surface area contributed by atoms with E-state index < -0.39 is 0 Å². The number of fused-ring (bicyclic) bond motifs is 1. The number of nitrogens with one attached hydrogen (secondary N) is 1. The average molecular weight is 326 g/mol. The van der Waals surface area contributed by atoms with Gasteiger partial charge >= 0.3 is 5.69 Å². The second-order valence-electron chi connectivity index (χ2n) is 6.07. The van der Waals surface area contributed by atoms with Gasteiger partial charge in [0.25, 0.3) is 0 Å². The summed E-state index contributed by atoms with van der Waals surface area (Å²) < 4.78 is 15.7. The van der Waals surface area contributed by atoms with Crippen LogP contribution in [-0.2, 0) is 6.67 Å². The Morgan fingerprint density at radius 3 is 2.46 bits per heavy atom. The molecule has 0 aliphatic carbocycles. The normalized spacial score (nSPS) is 16.0. The Balaban J connectivity index is 1.48. The van der Waals surface area contributed by atoms with E-state index in [0.717, 1.165) is 37.2 Å². The highest BCUT2D eigenvalue weighted by Crippen LogP contribution is 2.20. The first kappa shape index (κ1) is 15.0. The minimum Gasteiger partial charge on any atom is -0.367 e. The van der Waals surface area contributed by atoms with Crippen LogP contribution < -0.4 is 10.6 Å². The first-order valence-electron chi connectivity index (χ1n) is 8.12. The Bertz CT molecular complexity index is 909. The molecule has 0 saturated carbocycles. The van der Waals surface area contributed by atoms with Crippen molar-refractivity contribution in [3.8, 4) is 0 Å². The number of rotatable bonds is 3. The highest BCUT2D eigenvalue weighted by Gasteiger charge is 2.20. The fourth-order valence-corrected chi connectivity index (χ4v) is 3.29. The van der Waals surface area contributed by atoms with Crippen molar-refractivity contribution in [3.63, 3.8) is 0 Å². The monoisotopic (exact) mass is 326 g/mol. The molecule has 0 amide bonds. The number of para-hydroxylation sites is 3. The van der Waals surface area contributed by atoms with E-state index in [1.54, 1.807) is 10.6 Å². The van der Waals surface area contributed by atoms with E-state index in [-0.39, 0.29) is 11.5 Å². The Hall–Kier alpha value is -2.60. The number of aromatic amines is 1. The van der Waals surface area contributed by atoms with Crippen LogP contribution >= 0.6 is 0 Å². The third-order valence-corrected chi connectivity index (χ3v) is 4.59. The van der Waals surface area contributed by atoms with Crippen molar-refractivity contribution in [1.82, 2.24) is 14.5 Å². The predicted molar refractivity (Wildman–Crippen MR) is 92.7 cm³/mol. The van der Waals surface area contributed by atoms with Crippen LogP contribution in [0.15, 0.2) is 53.3 Å². The van der Waals surface area contributed by atoms with Crippen molar-refractivity contribution in [3.05, 3.63) is 64.8 Å². The highest BCUT2D eigenvalue weighted by atomic mass is 19.1. The topological polar surface area (TPSA) is 44.3 Å². The van der Waals surface area contributed by atoms with E-state index in [4.69, 9.17) is 0 Å². The van der Waals surface area contributed by atoms with Crippen LogP contribution in [0.4, 0.5) is 10.1 Å². The van der Waals surface area contributed by atoms with Gasteiger partial charge in [-0.05, 0) is 24.3 Å². The zero-order valence-electron chi connectivity index (χ0n) is 13.3. The van der Waals surface area contributed by atoms with Gasteiger partial charge in [0, 0.05) is 26.2 Å². The van der Waals surface area contributed by atoms with E-state index in [1.165, 1.54) is 6.07 Å². The molecule has 1 N–H and O–H groups in total. The highest BCUT2D eigenvalue weighted by molar-refractivity contribution is 5.74. The van der Waals surface area contributed by atoms with Gasteiger partial charge in [-0.25, -0.2) is 9.18 Å². The summed E-state index contributed by atoms with van der Waals surface area (Å²) in [7, 11) is 0. The van der Waals surface area contributed by atoms with Gasteiger partial charge < -0.3 is 9.88 Å². The fourth-order valence-electron chi connectivity index (χ4n) is 3.29. The zero-order chi connectivity index (χ0) is 16.5. The lowest BCUT2D eigenvalue weighted by molar-refractivity contribution is 0.206. The number of benzene rings is 2. The molecule has 1 fully saturated rings. The van der Waals surface area contributed by atoms with E-state index in [0.29, 0.717) is 12.4 Å². The van der Waals surface area contributed by atoms with Crippen molar-refractivity contribution in [2.24, 2.45) is 0 Å². The molecule has 4 rings (SSSR count). The zero-order valence-corrected chi connectivity index (χ0v) is 13.3. The van der Waals surface area contributed by atoms with Crippen molar-refractivity contribution >= 4 is 16.7 Å². The number of imidazole rings is 1. The maximum Gasteiger partial charge on any atom is 0.327 e. The Kier molecular flexibility index (Phi) is 3.82. The minimum absolute atomic E-state index is 0.0901. The van der Waals surface area contributed by atoms with Crippen LogP contribution in [0.1, 0.15) is 0 Å². The maximum absolute atomic E-state index is 13.9. The molecule has 0 bridgehead atoms. The predicted octanol–water partition coefficient (Wildman–Crippen LogP) is 2.25. The summed E-state index contributed by atoms with van der Waals surface area (Å²) in [5.74, 6) is -0.182. The number of aromatic nitrogens is 2. The van der Waals surface area contributed by atoms with Crippen LogP contribution in [0.5, 0.6) is 0 Å². The smallest absolute Gasteiger partial charge is 0.327 e. The lowest BCUT2D eigenvalue weighted by Gasteiger charge is -2.36. The summed E-state index contributed by atoms with van der Waals surface area (Å²) in [4.78, 5) is 19.3. The van der Waals surface area contributed by atoms with Gasteiger partial charge in [-0.3, -0.25) is 9.47 Å². The summed E-state index contributed by atoms with van der Waals surface area (Å²) in [6, 6.07) is 14.6. The second-order valence-corrected chi connectivity index (χ2v) is 6.07. The quantitative estimate of drug-likeness (QED) is 0.803. The second kappa shape index (κ2) is 6.13. The third-order valence-electron chi connectivity index (χ3n) is 4.59. The Labute approximate surface area is 138 Å². The molecule has 0 unspecified atom stereocenters. The summed E-state index contributed by atoms with van der Waals surface area (Å²) in [6.45, 7) is 3.63. The molecule has 0 spiro atoms. The summed E-state index contributed by atoms with van der Waals surface area (Å²) >= 11 is 0. The molecule has 24 heavy (non-hydrogen) atoms. The molecule has 1 aliphatic heterocycles. The molecule has 0 radical (unpaired) electrons. The first-order chi connectivity index (χ1) is 11.7. The van der Waals surface area contributed by atoms with Gasteiger partial charge in [0.05, 0.1) is 23.4 Å². The molecular formula is C18H19FN4O. The van der Waals surface area contributed by atoms with Crippen LogP contribution in [0.3, 0.4) is 0 Å². The van der Waals surface area contributed by atoms with Gasteiger partial charge in [-0.1, -0.05) is 24.3 Å². The lowest BCUT2D eigenvalue weighted by Crippen LogP contribution is -2.47. The number of halogens is 1. The molecule has 2 heterocycles. The molecule has 1 aliphatic rings. The van der Waals surface area contributed by atoms with E-state index in [9.17, 15) is 9.18 Å². The van der Waals surface area contributed by atoms with Crippen LogP contribution in [0, 0.1) is 5.82 Å². The molecule has 1 saturated heterocycles. The van der Waals surface area contributed by atoms with E-state index in [2.05, 4.69) is 14.8 Å². The molecule has 5 nitrogen and oxygen atoms in total. The largest absolute Gasteiger partial charge is 0.367 e. The average Bonchev–Trinajstić information content (AvgIpc) is 2.92. The van der Waals surface area contributed by atoms with Crippen molar-refractivity contribution in [2.75, 3.05) is 31.1 Å². The van der Waals surface area contributed by atoms with E-state index in [1.807, 2.05) is 36.4 Å². The number of piperazine rings is 1. The van der Waals surface area contributed by atoms with Crippen LogP contribution in [0.2, 0.25) is 0 Å². The van der Waals surface area contributed by atoms with Crippen molar-refractivity contribution in [1.29, 1.82) is 0 Å². The molecule has 124 valence electrons. The summed E-state index contributed by atoms with van der Waals surface area (Å²) in [5, 5.41) is 0. The van der Waals surface area contributed by atoms with Gasteiger partial charge in [0.2, 0.25) is 0 Å². The van der Waals surface area contributed by atoms with E-state index >= 15 is 0 Å². The molecule has 1 aromatic heterocycles. The summed E-state index contributed by atoms with van der Waals surface area (Å²) in [5.41, 5.74) is 2.33. The van der Waals surface area contributed by atoms with Gasteiger partial charge in [0.1, 0.15) is 5.82 Å². The number of hydrogen-bond donors (Lipinski definition) is 1. The first-order valence-corrected chi connectivity index (χ1v) is 8.12. The molecule has 2 aromatic carbocycles. The van der Waals surface area contributed by atoms with Crippen LogP contribution in [-0.4, -0.2) is 40.6 Å². The Morgan fingerprint density at radius 1 is 0.958 bits per heavy atom. The van der Waals surface area contributed by atoms with Gasteiger partial charge in [-0.2, -0.15) is 0 Å². The van der Waals surface area contributed by atoms with Gasteiger partial charge in [0.15, 0.2) is 0 Å². The molecular weight excluding hydrogens is 307 g/mol. The fraction of sp³-hybridized carbons (Fsp3) is 0.278. The Morgan fingerprint density at radius 2 is 1.67 bits per heavy atom. The number of H-pyrrole nitrogens is 1. The maximum atomic E-state index is 13.9. The SMILES string of the molecule is O=c1[nH]c2ccccc2n1CN1CCN(c2ccccc2F)CC1. The van der Waals surface area contributed by atoms with Crippen LogP contribution in [0.25, 0.3) is 11.0 Å². The third kappa shape index (κ3) is 2.69. The number of anilines is 1. The lowest BCUT2D eigenvalue weighted by atomic mass is 10.2. The van der Waals surface area contributed by atoms with Gasteiger partial charge in [-0.15, -0.1) is 0 Å². The molecule has 0 atom stereocenters. The summed E-state index contributed by atoms with van der Waals surface area (Å²) in [6.07, 6.45) is 0. The van der Waals surface area contributed by atoms with Crippen molar-refractivity contribution in [2.45, 2.75) is 6.67 Å². The number of hydrogen-bond acceptors (Lipinski definition) is 3. The number of nitrogens with zero attached hydrogens (tertiary/aromatic N) is 3.